The van der Waals surface area contributed by atoms with E-state index in [1.807, 2.05) is 47.7 Å². The second-order valence-electron chi connectivity index (χ2n) is 7.07. The number of thiophene rings is 1. The first-order chi connectivity index (χ1) is 13.7. The van der Waals surface area contributed by atoms with Gasteiger partial charge in [-0.2, -0.15) is 0 Å². The van der Waals surface area contributed by atoms with Crippen LogP contribution in [0, 0.1) is 0 Å². The molecule has 0 radical (unpaired) electrons. The number of rotatable bonds is 5. The normalized spacial score (nSPS) is 14.2. The molecule has 6 heteroatoms. The van der Waals surface area contributed by atoms with Crippen molar-refractivity contribution >= 4 is 23.1 Å². The number of hydrogen-bond donors (Lipinski definition) is 2. The molecule has 1 unspecified atom stereocenters. The fraction of sp³-hybridized carbons (Fsp3) is 0.318. The summed E-state index contributed by atoms with van der Waals surface area (Å²) >= 11 is 1.86. The summed E-state index contributed by atoms with van der Waals surface area (Å²) in [6.07, 6.45) is 8.84. The molecular formula is C22H25N3O2S. The summed E-state index contributed by atoms with van der Waals surface area (Å²) in [6, 6.07) is 11.1. The van der Waals surface area contributed by atoms with Crippen LogP contribution in [0.5, 0.6) is 5.75 Å². The van der Waals surface area contributed by atoms with Crippen LogP contribution in [0.4, 0.5) is 10.5 Å². The summed E-state index contributed by atoms with van der Waals surface area (Å²) in [7, 11) is 1.63. The number of amides is 2. The maximum absolute atomic E-state index is 12.6. The number of anilines is 1. The van der Waals surface area contributed by atoms with Gasteiger partial charge >= 0.3 is 6.03 Å². The molecular weight excluding hydrogens is 370 g/mol. The molecule has 4 rings (SSSR count). The van der Waals surface area contributed by atoms with Gasteiger partial charge in [-0.1, -0.05) is 0 Å². The van der Waals surface area contributed by atoms with Crippen molar-refractivity contribution in [3.05, 3.63) is 64.8 Å². The lowest BCUT2D eigenvalue weighted by Crippen LogP contribution is -2.32. The highest BCUT2D eigenvalue weighted by molar-refractivity contribution is 7.15. The lowest BCUT2D eigenvalue weighted by atomic mass is 9.93. The summed E-state index contributed by atoms with van der Waals surface area (Å²) in [5, 5.41) is 7.25. The van der Waals surface area contributed by atoms with Gasteiger partial charge in [0.15, 0.2) is 0 Å². The molecule has 0 saturated heterocycles. The Kier molecular flexibility index (Phi) is 5.39. The topological polar surface area (TPSA) is 55.3 Å². The predicted molar refractivity (Wildman–Crippen MR) is 114 cm³/mol. The zero-order valence-electron chi connectivity index (χ0n) is 16.2. The number of methoxy groups -OCH3 is 1. The summed E-state index contributed by atoms with van der Waals surface area (Å²) in [4.78, 5) is 14.0. The Morgan fingerprint density at radius 2 is 1.86 bits per heavy atom. The SMILES string of the molecule is COc1ccc(NC(=O)NC(C)c2c(-n3cccc3)sc3c2CCCC3)cc1. The molecule has 0 fully saturated rings. The second kappa shape index (κ2) is 8.10. The zero-order valence-corrected chi connectivity index (χ0v) is 17.0. The molecule has 3 aromatic rings. The molecule has 28 heavy (non-hydrogen) atoms. The Hall–Kier alpha value is -2.73. The Labute approximate surface area is 169 Å². The average Bonchev–Trinajstić information content (AvgIpc) is 3.36. The van der Waals surface area contributed by atoms with Crippen LogP contribution in [0.3, 0.4) is 0 Å². The summed E-state index contributed by atoms with van der Waals surface area (Å²) < 4.78 is 7.32. The Bertz CT molecular complexity index is 945. The fourth-order valence-corrected chi connectivity index (χ4v) is 5.25. The number of aryl methyl sites for hydroxylation is 1. The van der Waals surface area contributed by atoms with Crippen molar-refractivity contribution in [2.24, 2.45) is 0 Å². The lowest BCUT2D eigenvalue weighted by Gasteiger charge is -2.20. The summed E-state index contributed by atoms with van der Waals surface area (Å²) in [5.74, 6) is 0.764. The van der Waals surface area contributed by atoms with E-state index in [2.05, 4.69) is 34.5 Å². The minimum absolute atomic E-state index is 0.0752. The molecule has 2 N–H and O–H groups in total. The third-order valence-electron chi connectivity index (χ3n) is 5.16. The maximum Gasteiger partial charge on any atom is 0.319 e. The molecule has 1 aliphatic rings. The van der Waals surface area contributed by atoms with E-state index in [4.69, 9.17) is 4.74 Å². The summed E-state index contributed by atoms with van der Waals surface area (Å²) in [6.45, 7) is 2.07. The number of benzene rings is 1. The highest BCUT2D eigenvalue weighted by Gasteiger charge is 2.25. The van der Waals surface area contributed by atoms with Crippen molar-refractivity contribution < 1.29 is 9.53 Å². The van der Waals surface area contributed by atoms with E-state index in [0.29, 0.717) is 0 Å². The van der Waals surface area contributed by atoms with E-state index >= 15 is 0 Å². The first-order valence-corrected chi connectivity index (χ1v) is 10.5. The highest BCUT2D eigenvalue weighted by Crippen LogP contribution is 2.40. The smallest absolute Gasteiger partial charge is 0.319 e. The molecule has 146 valence electrons. The van der Waals surface area contributed by atoms with Crippen LogP contribution in [0.1, 0.15) is 41.8 Å². The van der Waals surface area contributed by atoms with Crippen molar-refractivity contribution in [2.45, 2.75) is 38.6 Å². The molecule has 1 atom stereocenters. The molecule has 2 amide bonds. The Morgan fingerprint density at radius 3 is 2.57 bits per heavy atom. The van der Waals surface area contributed by atoms with E-state index in [1.54, 1.807) is 7.11 Å². The van der Waals surface area contributed by atoms with Gasteiger partial charge < -0.3 is 19.9 Å². The van der Waals surface area contributed by atoms with Gasteiger partial charge in [0.25, 0.3) is 0 Å². The first kappa shape index (κ1) is 18.6. The Morgan fingerprint density at radius 1 is 1.14 bits per heavy atom. The van der Waals surface area contributed by atoms with Crippen molar-refractivity contribution in [3.63, 3.8) is 0 Å². The molecule has 1 aromatic carbocycles. The van der Waals surface area contributed by atoms with Gasteiger partial charge in [-0.15, -0.1) is 11.3 Å². The van der Waals surface area contributed by atoms with Crippen LogP contribution >= 0.6 is 11.3 Å². The molecule has 2 aromatic heterocycles. The number of nitrogens with one attached hydrogen (secondary N) is 2. The van der Waals surface area contributed by atoms with Gasteiger partial charge in [-0.25, -0.2) is 4.79 Å². The van der Waals surface area contributed by atoms with E-state index < -0.39 is 0 Å². The van der Waals surface area contributed by atoms with Crippen molar-refractivity contribution in [1.29, 1.82) is 0 Å². The van der Waals surface area contributed by atoms with E-state index in [-0.39, 0.29) is 12.1 Å². The number of carbonyl (C=O) groups excluding carboxylic acids is 1. The van der Waals surface area contributed by atoms with E-state index in [9.17, 15) is 4.79 Å². The largest absolute Gasteiger partial charge is 0.497 e. The van der Waals surface area contributed by atoms with Gasteiger partial charge in [0, 0.05) is 28.5 Å². The molecule has 0 bridgehead atoms. The standard InChI is InChI=1S/C22H25N3O2S/c1-15(23-22(26)24-16-9-11-17(27-2)12-10-16)20-18-7-3-4-8-19(18)28-21(20)25-13-5-6-14-25/h5-6,9-15H,3-4,7-8H2,1-2H3,(H2,23,24,26). The number of ether oxygens (including phenoxy) is 1. The second-order valence-corrected chi connectivity index (χ2v) is 8.15. The van der Waals surface area contributed by atoms with Gasteiger partial charge in [0.2, 0.25) is 0 Å². The molecule has 5 nitrogen and oxygen atoms in total. The third-order valence-corrected chi connectivity index (χ3v) is 6.48. The molecule has 0 saturated carbocycles. The number of aromatic nitrogens is 1. The molecule has 0 spiro atoms. The van der Waals surface area contributed by atoms with Gasteiger partial charge in [0.1, 0.15) is 10.8 Å². The van der Waals surface area contributed by atoms with Crippen LogP contribution in [0.25, 0.3) is 5.00 Å². The highest BCUT2D eigenvalue weighted by atomic mass is 32.1. The number of fused-ring (bicyclic) bond motifs is 1. The van der Waals surface area contributed by atoms with Crippen molar-refractivity contribution in [1.82, 2.24) is 9.88 Å². The van der Waals surface area contributed by atoms with Crippen LogP contribution in [0.2, 0.25) is 0 Å². The fourth-order valence-electron chi connectivity index (χ4n) is 3.79. The minimum atomic E-state index is -0.202. The van der Waals surface area contributed by atoms with E-state index in [1.165, 1.54) is 33.8 Å². The van der Waals surface area contributed by atoms with Gasteiger partial charge in [-0.3, -0.25) is 0 Å². The lowest BCUT2D eigenvalue weighted by molar-refractivity contribution is 0.249. The average molecular weight is 396 g/mol. The number of urea groups is 1. The van der Waals surface area contributed by atoms with E-state index in [0.717, 1.165) is 24.3 Å². The Balaban J connectivity index is 1.54. The van der Waals surface area contributed by atoms with Crippen LogP contribution in [-0.4, -0.2) is 17.7 Å². The van der Waals surface area contributed by atoms with Crippen molar-refractivity contribution in [3.8, 4) is 10.8 Å². The summed E-state index contributed by atoms with van der Waals surface area (Å²) in [5.41, 5.74) is 3.42. The van der Waals surface area contributed by atoms with Gasteiger partial charge in [-0.05, 0) is 74.6 Å². The number of carbonyl (C=O) groups is 1. The molecule has 1 aliphatic carbocycles. The zero-order chi connectivity index (χ0) is 19.5. The first-order valence-electron chi connectivity index (χ1n) is 9.65. The quantitative estimate of drug-likeness (QED) is 0.615. The minimum Gasteiger partial charge on any atom is -0.497 e. The number of nitrogens with zero attached hydrogens (tertiary/aromatic N) is 1. The van der Waals surface area contributed by atoms with Crippen LogP contribution in [-0.2, 0) is 12.8 Å². The number of hydrogen-bond acceptors (Lipinski definition) is 3. The molecule has 2 heterocycles. The molecule has 0 aliphatic heterocycles. The predicted octanol–water partition coefficient (Wildman–Crippen LogP) is 5.31. The van der Waals surface area contributed by atoms with Crippen molar-refractivity contribution in [2.75, 3.05) is 12.4 Å². The maximum atomic E-state index is 12.6. The third kappa shape index (κ3) is 3.78. The van der Waals surface area contributed by atoms with Gasteiger partial charge in [0.05, 0.1) is 13.2 Å². The van der Waals surface area contributed by atoms with Crippen LogP contribution < -0.4 is 15.4 Å². The van der Waals surface area contributed by atoms with Crippen LogP contribution in [0.15, 0.2) is 48.8 Å². The monoisotopic (exact) mass is 395 g/mol.